The number of aromatic nitrogens is 1. The second-order valence-electron chi connectivity index (χ2n) is 4.39. The molecule has 1 aromatic carbocycles. The predicted octanol–water partition coefficient (Wildman–Crippen LogP) is 2.67. The Balaban J connectivity index is 2.36. The van der Waals surface area contributed by atoms with Crippen LogP contribution in [0.1, 0.15) is 12.6 Å². The van der Waals surface area contributed by atoms with Crippen LogP contribution in [0.25, 0.3) is 0 Å². The molecule has 0 fully saturated rings. The van der Waals surface area contributed by atoms with E-state index in [-0.39, 0.29) is 17.1 Å². The van der Waals surface area contributed by atoms with Crippen LogP contribution in [-0.2, 0) is 23.1 Å². The summed E-state index contributed by atoms with van der Waals surface area (Å²) in [5, 5.41) is 0. The number of nitrogens with zero attached hydrogens (tertiary/aromatic N) is 1. The standard InChI is InChI=1S/C13H15BrFN3O2S/c1-2-18-8-11(6-10(18)7-16)21(19,20)17-13-4-3-9(14)5-12(13)15/h3-6,8,17H,2,7,16H2,1H3. The van der Waals surface area contributed by atoms with Crippen molar-refractivity contribution in [1.82, 2.24) is 4.57 Å². The number of nitrogens with one attached hydrogen (secondary N) is 1. The lowest BCUT2D eigenvalue weighted by Crippen LogP contribution is -2.13. The SMILES string of the molecule is CCn1cc(S(=O)(=O)Nc2ccc(Br)cc2F)cc1CN. The summed E-state index contributed by atoms with van der Waals surface area (Å²) in [6, 6.07) is 5.60. The Kier molecular flexibility index (Phi) is 4.70. The number of anilines is 1. The van der Waals surface area contributed by atoms with E-state index in [1.165, 1.54) is 24.4 Å². The van der Waals surface area contributed by atoms with Crippen molar-refractivity contribution in [3.63, 3.8) is 0 Å². The van der Waals surface area contributed by atoms with Crippen LogP contribution in [0, 0.1) is 5.82 Å². The normalized spacial score (nSPS) is 11.6. The van der Waals surface area contributed by atoms with Gasteiger partial charge in [-0.25, -0.2) is 12.8 Å². The molecule has 0 spiro atoms. The minimum atomic E-state index is -3.85. The number of hydrogen-bond donors (Lipinski definition) is 2. The number of aryl methyl sites for hydroxylation is 1. The van der Waals surface area contributed by atoms with E-state index in [0.717, 1.165) is 0 Å². The van der Waals surface area contributed by atoms with Crippen LogP contribution in [0.2, 0.25) is 0 Å². The van der Waals surface area contributed by atoms with E-state index in [2.05, 4.69) is 20.7 Å². The smallest absolute Gasteiger partial charge is 0.263 e. The molecule has 21 heavy (non-hydrogen) atoms. The lowest BCUT2D eigenvalue weighted by Gasteiger charge is -2.07. The molecule has 0 aliphatic carbocycles. The Morgan fingerprint density at radius 3 is 2.62 bits per heavy atom. The van der Waals surface area contributed by atoms with E-state index in [9.17, 15) is 12.8 Å². The van der Waals surface area contributed by atoms with Gasteiger partial charge in [0.25, 0.3) is 10.0 Å². The molecule has 0 saturated carbocycles. The van der Waals surface area contributed by atoms with Crippen LogP contribution in [0.15, 0.2) is 39.8 Å². The zero-order chi connectivity index (χ0) is 15.6. The van der Waals surface area contributed by atoms with E-state index in [1.54, 1.807) is 10.6 Å². The molecule has 114 valence electrons. The quantitative estimate of drug-likeness (QED) is 0.843. The Bertz CT molecular complexity index is 737. The monoisotopic (exact) mass is 375 g/mol. The molecule has 0 bridgehead atoms. The molecule has 8 heteroatoms. The van der Waals surface area contributed by atoms with E-state index >= 15 is 0 Å². The van der Waals surface area contributed by atoms with E-state index in [0.29, 0.717) is 16.7 Å². The third-order valence-electron chi connectivity index (χ3n) is 3.00. The molecule has 0 aliphatic heterocycles. The number of sulfonamides is 1. The summed E-state index contributed by atoms with van der Waals surface area (Å²) in [5.74, 6) is -0.651. The van der Waals surface area contributed by atoms with E-state index in [4.69, 9.17) is 5.73 Å². The van der Waals surface area contributed by atoms with Gasteiger partial charge in [-0.05, 0) is 31.2 Å². The summed E-state index contributed by atoms with van der Waals surface area (Å²) < 4.78 is 42.8. The highest BCUT2D eigenvalue weighted by molar-refractivity contribution is 9.10. The maximum atomic E-state index is 13.7. The first-order valence-electron chi connectivity index (χ1n) is 6.24. The van der Waals surface area contributed by atoms with Gasteiger partial charge >= 0.3 is 0 Å². The molecule has 0 amide bonds. The lowest BCUT2D eigenvalue weighted by molar-refractivity contribution is 0.598. The molecule has 0 unspecified atom stereocenters. The molecule has 0 saturated heterocycles. The summed E-state index contributed by atoms with van der Waals surface area (Å²) in [5.41, 5.74) is 6.18. The lowest BCUT2D eigenvalue weighted by atomic mass is 10.3. The van der Waals surface area contributed by atoms with Crippen molar-refractivity contribution in [3.8, 4) is 0 Å². The van der Waals surface area contributed by atoms with Crippen molar-refractivity contribution in [3.05, 3.63) is 46.4 Å². The van der Waals surface area contributed by atoms with Crippen LogP contribution < -0.4 is 10.5 Å². The van der Waals surface area contributed by atoms with Crippen molar-refractivity contribution in [2.45, 2.75) is 24.9 Å². The maximum Gasteiger partial charge on any atom is 0.263 e. The minimum Gasteiger partial charge on any atom is -0.349 e. The first kappa shape index (κ1) is 16.0. The van der Waals surface area contributed by atoms with Crippen molar-refractivity contribution < 1.29 is 12.8 Å². The molecule has 2 rings (SSSR count). The molecular weight excluding hydrogens is 361 g/mol. The summed E-state index contributed by atoms with van der Waals surface area (Å²) in [7, 11) is -3.85. The molecule has 3 N–H and O–H groups in total. The fraction of sp³-hybridized carbons (Fsp3) is 0.231. The van der Waals surface area contributed by atoms with Gasteiger partial charge in [-0.1, -0.05) is 15.9 Å². The number of rotatable bonds is 5. The molecule has 0 aliphatic rings. The fourth-order valence-corrected chi connectivity index (χ4v) is 3.38. The van der Waals surface area contributed by atoms with Crippen molar-refractivity contribution in [1.29, 1.82) is 0 Å². The van der Waals surface area contributed by atoms with E-state index < -0.39 is 15.8 Å². The first-order valence-corrected chi connectivity index (χ1v) is 8.52. The molecule has 1 heterocycles. The number of hydrogen-bond acceptors (Lipinski definition) is 3. The summed E-state index contributed by atoms with van der Waals surface area (Å²) in [4.78, 5) is 0.0621. The zero-order valence-electron chi connectivity index (χ0n) is 11.3. The molecule has 0 radical (unpaired) electrons. The van der Waals surface area contributed by atoms with Gasteiger partial charge in [-0.3, -0.25) is 4.72 Å². The molecule has 5 nitrogen and oxygen atoms in total. The topological polar surface area (TPSA) is 77.1 Å². The van der Waals surface area contributed by atoms with Crippen molar-refractivity contribution in [2.24, 2.45) is 5.73 Å². The average Bonchev–Trinajstić information content (AvgIpc) is 2.86. The summed E-state index contributed by atoms with van der Waals surface area (Å²) in [6.45, 7) is 2.72. The Morgan fingerprint density at radius 2 is 2.10 bits per heavy atom. The number of halogens is 2. The largest absolute Gasteiger partial charge is 0.349 e. The summed E-state index contributed by atoms with van der Waals surface area (Å²) in [6.07, 6.45) is 1.49. The Labute approximate surface area is 131 Å². The van der Waals surface area contributed by atoms with Gasteiger partial charge in [-0.2, -0.15) is 0 Å². The van der Waals surface area contributed by atoms with E-state index in [1.807, 2.05) is 6.92 Å². The van der Waals surface area contributed by atoms with Gasteiger partial charge in [0.1, 0.15) is 10.7 Å². The van der Waals surface area contributed by atoms with Crippen molar-refractivity contribution >= 4 is 31.6 Å². The second-order valence-corrected chi connectivity index (χ2v) is 6.99. The predicted molar refractivity (Wildman–Crippen MR) is 82.9 cm³/mol. The minimum absolute atomic E-state index is 0.0621. The molecule has 0 atom stereocenters. The molecular formula is C13H15BrFN3O2S. The number of nitrogens with two attached hydrogens (primary N) is 1. The van der Waals surface area contributed by atoms with Crippen LogP contribution in [-0.4, -0.2) is 13.0 Å². The van der Waals surface area contributed by atoms with Gasteiger partial charge in [0.2, 0.25) is 0 Å². The maximum absolute atomic E-state index is 13.7. The van der Waals surface area contributed by atoms with Gasteiger partial charge in [-0.15, -0.1) is 0 Å². The van der Waals surface area contributed by atoms with Crippen LogP contribution >= 0.6 is 15.9 Å². The number of benzene rings is 1. The highest BCUT2D eigenvalue weighted by Gasteiger charge is 2.19. The van der Waals surface area contributed by atoms with Gasteiger partial charge in [0.05, 0.1) is 5.69 Å². The molecule has 2 aromatic rings. The molecule has 1 aromatic heterocycles. The summed E-state index contributed by atoms with van der Waals surface area (Å²) >= 11 is 3.12. The van der Waals surface area contributed by atoms with Gasteiger partial charge in [0.15, 0.2) is 0 Å². The highest BCUT2D eigenvalue weighted by atomic mass is 79.9. The zero-order valence-corrected chi connectivity index (χ0v) is 13.7. The van der Waals surface area contributed by atoms with Crippen LogP contribution in [0.4, 0.5) is 10.1 Å². The van der Waals surface area contributed by atoms with Crippen LogP contribution in [0.5, 0.6) is 0 Å². The first-order chi connectivity index (χ1) is 9.87. The fourth-order valence-electron chi connectivity index (χ4n) is 1.91. The Morgan fingerprint density at radius 1 is 1.38 bits per heavy atom. The second kappa shape index (κ2) is 6.17. The van der Waals surface area contributed by atoms with Crippen molar-refractivity contribution in [2.75, 3.05) is 4.72 Å². The van der Waals surface area contributed by atoms with Crippen LogP contribution in [0.3, 0.4) is 0 Å². The third kappa shape index (κ3) is 3.45. The van der Waals surface area contributed by atoms with Gasteiger partial charge < -0.3 is 10.3 Å². The Hall–Kier alpha value is -1.38. The highest BCUT2D eigenvalue weighted by Crippen LogP contribution is 2.23. The average molecular weight is 376 g/mol. The third-order valence-corrected chi connectivity index (χ3v) is 4.82. The van der Waals surface area contributed by atoms with Gasteiger partial charge in [0, 0.05) is 29.5 Å².